The first-order valence-electron chi connectivity index (χ1n) is 6.26. The van der Waals surface area contributed by atoms with Crippen LogP contribution in [0.15, 0.2) is 30.7 Å². The fraction of sp³-hybridized carbons (Fsp3) is 0.286. The zero-order valence-electron chi connectivity index (χ0n) is 10.9. The summed E-state index contributed by atoms with van der Waals surface area (Å²) in [4.78, 5) is 16.0. The van der Waals surface area contributed by atoms with Crippen LogP contribution in [-0.2, 0) is 12.6 Å². The van der Waals surface area contributed by atoms with Gasteiger partial charge in [-0.05, 0) is 30.5 Å². The van der Waals surface area contributed by atoms with Gasteiger partial charge in [0.2, 0.25) is 0 Å². The molecule has 1 aromatic heterocycles. The predicted molar refractivity (Wildman–Crippen MR) is 67.9 cm³/mol. The van der Waals surface area contributed by atoms with Crippen LogP contribution in [0.4, 0.5) is 8.78 Å². The first-order chi connectivity index (χ1) is 9.50. The monoisotopic (exact) mass is 277 g/mol. The number of nitrogens with zero attached hydrogens (tertiary/aromatic N) is 2. The Labute approximate surface area is 114 Å². The Kier molecular flexibility index (Phi) is 2.81. The quantitative estimate of drug-likeness (QED) is 0.934. The van der Waals surface area contributed by atoms with Gasteiger partial charge in [0.25, 0.3) is 5.91 Å². The minimum absolute atomic E-state index is 0.299. The van der Waals surface area contributed by atoms with Crippen molar-refractivity contribution in [3.63, 3.8) is 0 Å². The van der Waals surface area contributed by atoms with E-state index in [0.717, 1.165) is 6.07 Å². The van der Waals surface area contributed by atoms with E-state index in [2.05, 4.69) is 10.3 Å². The molecule has 6 heteroatoms. The van der Waals surface area contributed by atoms with Crippen LogP contribution in [0.5, 0.6) is 0 Å². The number of benzene rings is 1. The fourth-order valence-electron chi connectivity index (χ4n) is 2.30. The molecule has 0 saturated heterocycles. The summed E-state index contributed by atoms with van der Waals surface area (Å²) in [5, 5.41) is 2.85. The molecule has 1 fully saturated rings. The molecule has 0 unspecified atom stereocenters. The molecule has 1 saturated carbocycles. The standard InChI is InChI=1S/C14H13F2N3O/c1-19-8-17-7-12(19)13(20)18-14(2-3-14)9-4-10(15)6-11(16)5-9/h4-8H,2-3H2,1H3,(H,18,20). The minimum Gasteiger partial charge on any atom is -0.341 e. The summed E-state index contributed by atoms with van der Waals surface area (Å²) in [6, 6.07) is 3.35. The van der Waals surface area contributed by atoms with Crippen LogP contribution in [0.1, 0.15) is 28.9 Å². The van der Waals surface area contributed by atoms with Crippen molar-refractivity contribution in [1.82, 2.24) is 14.9 Å². The maximum Gasteiger partial charge on any atom is 0.270 e. The molecule has 0 spiro atoms. The minimum atomic E-state index is -0.662. The van der Waals surface area contributed by atoms with Crippen molar-refractivity contribution in [2.24, 2.45) is 7.05 Å². The third kappa shape index (κ3) is 2.17. The maximum atomic E-state index is 13.3. The Morgan fingerprint density at radius 2 is 1.95 bits per heavy atom. The van der Waals surface area contributed by atoms with E-state index in [9.17, 15) is 13.6 Å². The molecule has 1 N–H and O–H groups in total. The molecule has 0 bridgehead atoms. The molecule has 0 aliphatic heterocycles. The fourth-order valence-corrected chi connectivity index (χ4v) is 2.30. The van der Waals surface area contributed by atoms with Crippen LogP contribution in [0.2, 0.25) is 0 Å². The molecule has 1 aliphatic rings. The Balaban J connectivity index is 1.86. The second kappa shape index (κ2) is 4.40. The SMILES string of the molecule is Cn1cncc1C(=O)NC1(c2cc(F)cc(F)c2)CC1. The molecule has 1 aliphatic carbocycles. The van der Waals surface area contributed by atoms with Crippen molar-refractivity contribution in [1.29, 1.82) is 0 Å². The first-order valence-corrected chi connectivity index (χ1v) is 6.26. The number of carbonyl (C=O) groups is 1. The van der Waals surface area contributed by atoms with E-state index in [1.807, 2.05) is 0 Å². The molecule has 20 heavy (non-hydrogen) atoms. The highest BCUT2D eigenvalue weighted by Crippen LogP contribution is 2.46. The Morgan fingerprint density at radius 1 is 1.30 bits per heavy atom. The largest absolute Gasteiger partial charge is 0.341 e. The first kappa shape index (κ1) is 12.8. The van der Waals surface area contributed by atoms with E-state index in [-0.39, 0.29) is 5.91 Å². The second-order valence-electron chi connectivity index (χ2n) is 5.08. The van der Waals surface area contributed by atoms with Crippen LogP contribution in [-0.4, -0.2) is 15.5 Å². The summed E-state index contributed by atoms with van der Waals surface area (Å²) in [7, 11) is 1.71. The zero-order chi connectivity index (χ0) is 14.3. The van der Waals surface area contributed by atoms with Gasteiger partial charge in [-0.3, -0.25) is 4.79 Å². The number of imidazole rings is 1. The Bertz CT molecular complexity index is 657. The summed E-state index contributed by atoms with van der Waals surface area (Å²) >= 11 is 0. The molecule has 2 aromatic rings. The van der Waals surface area contributed by atoms with Gasteiger partial charge in [-0.15, -0.1) is 0 Å². The van der Waals surface area contributed by atoms with Gasteiger partial charge in [0.05, 0.1) is 18.1 Å². The predicted octanol–water partition coefficient (Wildman–Crippen LogP) is 2.12. The lowest BCUT2D eigenvalue weighted by molar-refractivity contribution is 0.0922. The molecule has 1 heterocycles. The number of halogens is 2. The third-order valence-corrected chi connectivity index (χ3v) is 3.57. The van der Waals surface area contributed by atoms with Crippen molar-refractivity contribution in [2.75, 3.05) is 0 Å². The van der Waals surface area contributed by atoms with E-state index in [4.69, 9.17) is 0 Å². The van der Waals surface area contributed by atoms with Crippen molar-refractivity contribution < 1.29 is 13.6 Å². The number of nitrogens with one attached hydrogen (secondary N) is 1. The van der Waals surface area contributed by atoms with Crippen LogP contribution < -0.4 is 5.32 Å². The van der Waals surface area contributed by atoms with Gasteiger partial charge < -0.3 is 9.88 Å². The van der Waals surface area contributed by atoms with E-state index in [0.29, 0.717) is 24.1 Å². The molecule has 0 atom stereocenters. The normalized spacial score (nSPS) is 15.9. The van der Waals surface area contributed by atoms with Gasteiger partial charge in [-0.2, -0.15) is 0 Å². The smallest absolute Gasteiger partial charge is 0.270 e. The Hall–Kier alpha value is -2.24. The molecule has 1 amide bonds. The van der Waals surface area contributed by atoms with Crippen molar-refractivity contribution in [2.45, 2.75) is 18.4 Å². The highest BCUT2D eigenvalue weighted by molar-refractivity contribution is 5.93. The number of hydrogen-bond acceptors (Lipinski definition) is 2. The van der Waals surface area contributed by atoms with Crippen molar-refractivity contribution in [3.8, 4) is 0 Å². The summed E-state index contributed by atoms with van der Waals surface area (Å²) in [6.45, 7) is 0. The maximum absolute atomic E-state index is 13.3. The number of rotatable bonds is 3. The van der Waals surface area contributed by atoms with E-state index in [1.165, 1.54) is 24.7 Å². The van der Waals surface area contributed by atoms with Gasteiger partial charge in [0, 0.05) is 13.1 Å². The van der Waals surface area contributed by atoms with Crippen molar-refractivity contribution >= 4 is 5.91 Å². The van der Waals surface area contributed by atoms with Crippen LogP contribution >= 0.6 is 0 Å². The molecule has 4 nitrogen and oxygen atoms in total. The van der Waals surface area contributed by atoms with Gasteiger partial charge in [-0.25, -0.2) is 13.8 Å². The topological polar surface area (TPSA) is 46.9 Å². The summed E-state index contributed by atoms with van der Waals surface area (Å²) in [5.41, 5.74) is 0.211. The van der Waals surface area contributed by atoms with Gasteiger partial charge >= 0.3 is 0 Å². The number of hydrogen-bond donors (Lipinski definition) is 1. The van der Waals surface area contributed by atoms with Crippen molar-refractivity contribution in [3.05, 3.63) is 53.6 Å². The Morgan fingerprint density at radius 3 is 2.45 bits per heavy atom. The number of carbonyl (C=O) groups excluding carboxylic acids is 1. The van der Waals surface area contributed by atoms with E-state index >= 15 is 0 Å². The lowest BCUT2D eigenvalue weighted by Crippen LogP contribution is -2.36. The van der Waals surface area contributed by atoms with Crippen LogP contribution in [0, 0.1) is 11.6 Å². The van der Waals surface area contributed by atoms with Gasteiger partial charge in [-0.1, -0.05) is 0 Å². The zero-order valence-corrected chi connectivity index (χ0v) is 10.9. The summed E-state index contributed by atoms with van der Waals surface area (Å²) in [6.07, 6.45) is 4.31. The molecular formula is C14H13F2N3O. The van der Waals surface area contributed by atoms with Crippen LogP contribution in [0.25, 0.3) is 0 Å². The lowest BCUT2D eigenvalue weighted by Gasteiger charge is -2.18. The number of aromatic nitrogens is 2. The second-order valence-corrected chi connectivity index (χ2v) is 5.08. The molecule has 1 aromatic carbocycles. The highest BCUT2D eigenvalue weighted by Gasteiger charge is 2.46. The van der Waals surface area contributed by atoms with Crippen LogP contribution in [0.3, 0.4) is 0 Å². The average Bonchev–Trinajstić information content (AvgIpc) is 3.02. The molecule has 104 valence electrons. The average molecular weight is 277 g/mol. The molecule has 3 rings (SSSR count). The number of aryl methyl sites for hydroxylation is 1. The molecular weight excluding hydrogens is 264 g/mol. The molecule has 0 radical (unpaired) electrons. The highest BCUT2D eigenvalue weighted by atomic mass is 19.1. The van der Waals surface area contributed by atoms with Gasteiger partial charge in [0.1, 0.15) is 17.3 Å². The third-order valence-electron chi connectivity index (χ3n) is 3.57. The number of amides is 1. The van der Waals surface area contributed by atoms with E-state index < -0.39 is 17.2 Å². The van der Waals surface area contributed by atoms with Gasteiger partial charge in [0.15, 0.2) is 0 Å². The lowest BCUT2D eigenvalue weighted by atomic mass is 10.0. The summed E-state index contributed by atoms with van der Waals surface area (Å²) < 4.78 is 28.2. The van der Waals surface area contributed by atoms with E-state index in [1.54, 1.807) is 11.6 Å². The summed E-state index contributed by atoms with van der Waals surface area (Å²) in [5.74, 6) is -1.57.